The van der Waals surface area contributed by atoms with E-state index in [1.54, 1.807) is 30.8 Å². The fraction of sp³-hybridized carbons (Fsp3) is 0.536. The zero-order valence-electron chi connectivity index (χ0n) is 23.6. The van der Waals surface area contributed by atoms with Gasteiger partial charge in [0.2, 0.25) is 17.5 Å². The summed E-state index contributed by atoms with van der Waals surface area (Å²) < 4.78 is 53.3. The van der Waals surface area contributed by atoms with E-state index in [0.717, 1.165) is 12.1 Å². The number of hydrogen-bond donors (Lipinski definition) is 1. The van der Waals surface area contributed by atoms with Crippen molar-refractivity contribution in [3.8, 4) is 11.5 Å². The third kappa shape index (κ3) is 7.16. The fourth-order valence-electron chi connectivity index (χ4n) is 4.55. The summed E-state index contributed by atoms with van der Waals surface area (Å²) in [4.78, 5) is 27.6. The average molecular weight is 563 g/mol. The molecule has 2 aliphatic heterocycles. The summed E-state index contributed by atoms with van der Waals surface area (Å²) in [6.07, 6.45) is 2.69. The number of carbonyl (C=O) groups excluding carboxylic acids is 2. The number of nitrogens with one attached hydrogen (secondary N) is 1. The summed E-state index contributed by atoms with van der Waals surface area (Å²) in [6.45, 7) is 11.7. The minimum atomic E-state index is -1.01. The molecular weight excluding hydrogens is 526 g/mol. The van der Waals surface area contributed by atoms with Crippen LogP contribution in [0.1, 0.15) is 48.0 Å². The van der Waals surface area contributed by atoms with E-state index < -0.39 is 41.0 Å². The predicted octanol–water partition coefficient (Wildman–Crippen LogP) is 4.26. The highest BCUT2D eigenvalue weighted by Crippen LogP contribution is 2.33. The van der Waals surface area contributed by atoms with Crippen molar-refractivity contribution in [1.29, 1.82) is 0 Å². The molecular formula is C28H36F2N4O6. The number of amides is 2. The van der Waals surface area contributed by atoms with Crippen molar-refractivity contribution in [3.63, 3.8) is 0 Å². The van der Waals surface area contributed by atoms with Crippen LogP contribution in [-0.2, 0) is 25.6 Å². The van der Waals surface area contributed by atoms with Gasteiger partial charge in [-0.05, 0) is 52.2 Å². The van der Waals surface area contributed by atoms with Crippen molar-refractivity contribution >= 4 is 17.6 Å². The molecule has 218 valence electrons. The number of anilines is 1. The van der Waals surface area contributed by atoms with Crippen molar-refractivity contribution in [2.45, 2.75) is 78.5 Å². The first kappa shape index (κ1) is 29.5. The van der Waals surface area contributed by atoms with E-state index in [1.807, 2.05) is 27.7 Å². The topological polar surface area (TPSA) is 104 Å². The lowest BCUT2D eigenvalue weighted by molar-refractivity contribution is -0.139. The summed E-state index contributed by atoms with van der Waals surface area (Å²) in [5.41, 5.74) is 0. The molecule has 1 N–H and O–H groups in total. The number of aromatic nitrogens is 2. The number of nitrogens with zero attached hydrogens (tertiary/aromatic N) is 3. The summed E-state index contributed by atoms with van der Waals surface area (Å²) in [6, 6.07) is 3.00. The van der Waals surface area contributed by atoms with Crippen molar-refractivity contribution in [2.24, 2.45) is 5.92 Å². The average Bonchev–Trinajstić information content (AvgIpc) is 3.55. The molecule has 2 amide bonds. The molecule has 1 saturated heterocycles. The molecule has 12 heteroatoms. The Morgan fingerprint density at radius 2 is 1.98 bits per heavy atom. The van der Waals surface area contributed by atoms with Gasteiger partial charge in [0.05, 0.1) is 25.8 Å². The Morgan fingerprint density at radius 3 is 2.62 bits per heavy atom. The molecule has 3 heterocycles. The van der Waals surface area contributed by atoms with Gasteiger partial charge >= 0.3 is 0 Å². The van der Waals surface area contributed by atoms with Crippen molar-refractivity contribution in [3.05, 3.63) is 47.9 Å². The molecule has 0 saturated carbocycles. The molecule has 2 aliphatic rings. The Balaban J connectivity index is 1.43. The normalized spacial score (nSPS) is 19.4. The SMILES string of the molecule is CC(C)C[C@@H](C(=O)Nc1ccn(C[C@@H]2COC(C)(C)O2)n1)N1CC(Oc2c(F)ccc(OC(C)C)c2F)=CC1=O. The molecule has 0 spiro atoms. The van der Waals surface area contributed by atoms with E-state index in [9.17, 15) is 18.4 Å². The maximum Gasteiger partial charge on any atom is 0.251 e. The molecule has 1 aromatic carbocycles. The van der Waals surface area contributed by atoms with Crippen molar-refractivity contribution < 1.29 is 37.3 Å². The second-order valence-corrected chi connectivity index (χ2v) is 11.0. The number of hydrogen-bond acceptors (Lipinski definition) is 7. The Hall–Kier alpha value is -3.51. The molecule has 2 atom stereocenters. The number of benzene rings is 1. The minimum Gasteiger partial charge on any atom is -0.488 e. The van der Waals surface area contributed by atoms with E-state index in [4.69, 9.17) is 18.9 Å². The second-order valence-electron chi connectivity index (χ2n) is 11.0. The van der Waals surface area contributed by atoms with Gasteiger partial charge in [0.25, 0.3) is 5.91 Å². The first-order valence-electron chi connectivity index (χ1n) is 13.3. The quantitative estimate of drug-likeness (QED) is 0.437. The van der Waals surface area contributed by atoms with E-state index in [2.05, 4.69) is 10.4 Å². The molecule has 1 aromatic heterocycles. The highest BCUT2D eigenvalue weighted by Gasteiger charge is 2.36. The third-order valence-electron chi connectivity index (χ3n) is 6.23. The van der Waals surface area contributed by atoms with Gasteiger partial charge in [-0.3, -0.25) is 14.3 Å². The summed E-state index contributed by atoms with van der Waals surface area (Å²) in [5.74, 6) is -3.98. The lowest BCUT2D eigenvalue weighted by Gasteiger charge is -2.28. The number of ether oxygens (including phenoxy) is 4. The summed E-state index contributed by atoms with van der Waals surface area (Å²) >= 11 is 0. The molecule has 4 rings (SSSR count). The van der Waals surface area contributed by atoms with Gasteiger partial charge in [-0.1, -0.05) is 13.8 Å². The zero-order chi connectivity index (χ0) is 29.2. The van der Waals surface area contributed by atoms with Gasteiger partial charge in [-0.2, -0.15) is 9.49 Å². The molecule has 0 bridgehead atoms. The predicted molar refractivity (Wildman–Crippen MR) is 142 cm³/mol. The number of rotatable bonds is 11. The van der Waals surface area contributed by atoms with Gasteiger partial charge in [0, 0.05) is 18.3 Å². The number of carbonyl (C=O) groups is 2. The molecule has 40 heavy (non-hydrogen) atoms. The molecule has 0 unspecified atom stereocenters. The Kier molecular flexibility index (Phi) is 8.79. The van der Waals surface area contributed by atoms with Crippen LogP contribution >= 0.6 is 0 Å². The highest BCUT2D eigenvalue weighted by atomic mass is 19.1. The maximum atomic E-state index is 14.9. The highest BCUT2D eigenvalue weighted by molar-refractivity contribution is 5.99. The monoisotopic (exact) mass is 562 g/mol. The van der Waals surface area contributed by atoms with Gasteiger partial charge in [-0.15, -0.1) is 0 Å². The smallest absolute Gasteiger partial charge is 0.251 e. The molecule has 1 fully saturated rings. The van der Waals surface area contributed by atoms with Gasteiger partial charge in [0.15, 0.2) is 23.2 Å². The van der Waals surface area contributed by atoms with Crippen LogP contribution in [0, 0.1) is 17.6 Å². The molecule has 0 aliphatic carbocycles. The van der Waals surface area contributed by atoms with Gasteiger partial charge in [0.1, 0.15) is 17.9 Å². The maximum absolute atomic E-state index is 14.9. The van der Waals surface area contributed by atoms with Crippen LogP contribution in [0.5, 0.6) is 11.5 Å². The van der Waals surface area contributed by atoms with Crippen LogP contribution in [0.25, 0.3) is 0 Å². The first-order valence-corrected chi connectivity index (χ1v) is 13.3. The Bertz CT molecular complexity index is 1280. The summed E-state index contributed by atoms with van der Waals surface area (Å²) in [5, 5.41) is 7.18. The largest absolute Gasteiger partial charge is 0.488 e. The minimum absolute atomic E-state index is 0.0111. The third-order valence-corrected chi connectivity index (χ3v) is 6.23. The van der Waals surface area contributed by atoms with Crippen LogP contribution < -0.4 is 14.8 Å². The molecule has 0 radical (unpaired) electrons. The van der Waals surface area contributed by atoms with E-state index in [0.29, 0.717) is 25.4 Å². The Labute approximate surface area is 232 Å². The standard InChI is InChI=1S/C28H36F2N4O6/c1-16(2)11-21(27(36)31-23-9-10-33(32-23)13-19-15-37-28(5,6)40-19)34-14-18(12-24(34)35)39-26-20(29)7-8-22(25(26)30)38-17(3)4/h7-10,12,16-17,19,21H,11,13-15H2,1-6H3,(H,31,32,36)/t19-,21+/m1/s1. The molecule has 2 aromatic rings. The van der Waals surface area contributed by atoms with Crippen molar-refractivity contribution in [1.82, 2.24) is 14.7 Å². The Morgan fingerprint density at radius 1 is 1.23 bits per heavy atom. The van der Waals surface area contributed by atoms with Gasteiger partial charge in [-0.25, -0.2) is 4.39 Å². The second kappa shape index (κ2) is 11.9. The van der Waals surface area contributed by atoms with E-state index in [1.165, 1.54) is 11.0 Å². The number of halogens is 2. The van der Waals surface area contributed by atoms with Crippen molar-refractivity contribution in [2.75, 3.05) is 18.5 Å². The van der Waals surface area contributed by atoms with Crippen LogP contribution in [0.3, 0.4) is 0 Å². The molecule has 10 nitrogen and oxygen atoms in total. The lowest BCUT2D eigenvalue weighted by Crippen LogP contribution is -2.46. The summed E-state index contributed by atoms with van der Waals surface area (Å²) in [7, 11) is 0. The van der Waals surface area contributed by atoms with E-state index in [-0.39, 0.29) is 36.2 Å². The lowest BCUT2D eigenvalue weighted by atomic mass is 10.0. The fourth-order valence-corrected chi connectivity index (χ4v) is 4.55. The van der Waals surface area contributed by atoms with Crippen LogP contribution in [-0.4, -0.2) is 63.7 Å². The first-order chi connectivity index (χ1) is 18.8. The zero-order valence-corrected chi connectivity index (χ0v) is 23.6. The van der Waals surface area contributed by atoms with Crippen LogP contribution in [0.15, 0.2) is 36.2 Å². The van der Waals surface area contributed by atoms with Crippen LogP contribution in [0.4, 0.5) is 14.6 Å². The van der Waals surface area contributed by atoms with Crippen LogP contribution in [0.2, 0.25) is 0 Å². The van der Waals surface area contributed by atoms with E-state index >= 15 is 0 Å². The van der Waals surface area contributed by atoms with Gasteiger partial charge < -0.3 is 29.2 Å².